The summed E-state index contributed by atoms with van der Waals surface area (Å²) in [4.78, 5) is 25.1. The average molecular weight is 382 g/mol. The number of hydrogen-bond donors (Lipinski definition) is 3. The molecule has 0 unspecified atom stereocenters. The van der Waals surface area contributed by atoms with Crippen molar-refractivity contribution in [2.24, 2.45) is 5.73 Å². The quantitative estimate of drug-likeness (QED) is 0.638. The normalized spacial score (nSPS) is 14.4. The van der Waals surface area contributed by atoms with Gasteiger partial charge in [0.2, 0.25) is 0 Å². The van der Waals surface area contributed by atoms with Crippen molar-refractivity contribution >= 4 is 11.8 Å². The van der Waals surface area contributed by atoms with Crippen LogP contribution in [0.25, 0.3) is 0 Å². The van der Waals surface area contributed by atoms with Crippen LogP contribution in [0.1, 0.15) is 40.7 Å². The lowest BCUT2D eigenvalue weighted by Crippen LogP contribution is -3.11. The highest BCUT2D eigenvalue weighted by Crippen LogP contribution is 2.16. The minimum absolute atomic E-state index is 0.166. The monoisotopic (exact) mass is 382 g/mol. The van der Waals surface area contributed by atoms with Crippen molar-refractivity contribution in [2.45, 2.75) is 32.4 Å². The van der Waals surface area contributed by atoms with Crippen molar-refractivity contribution in [1.82, 2.24) is 5.32 Å². The molecule has 3 rings (SSSR count). The molecule has 0 aliphatic carbocycles. The third-order valence-electron chi connectivity index (χ3n) is 5.04. The van der Waals surface area contributed by atoms with E-state index in [4.69, 9.17) is 10.5 Å². The Bertz CT molecular complexity index is 799. The molecule has 1 saturated heterocycles. The summed E-state index contributed by atoms with van der Waals surface area (Å²) in [6.07, 6.45) is 4.01. The van der Waals surface area contributed by atoms with E-state index in [0.717, 1.165) is 12.1 Å². The van der Waals surface area contributed by atoms with Crippen molar-refractivity contribution in [3.05, 3.63) is 65.2 Å². The third kappa shape index (κ3) is 5.82. The molecule has 1 aliphatic rings. The highest BCUT2D eigenvalue weighted by Gasteiger charge is 2.14. The minimum atomic E-state index is -0.581. The van der Waals surface area contributed by atoms with Gasteiger partial charge in [-0.15, -0.1) is 0 Å². The molecular formula is C22H28N3O3+. The summed E-state index contributed by atoms with van der Waals surface area (Å²) in [7, 11) is 0. The van der Waals surface area contributed by atoms with E-state index in [9.17, 15) is 9.59 Å². The number of para-hydroxylation sites is 1. The van der Waals surface area contributed by atoms with E-state index >= 15 is 0 Å². The van der Waals surface area contributed by atoms with Gasteiger partial charge in [-0.2, -0.15) is 0 Å². The molecule has 1 aliphatic heterocycles. The lowest BCUT2D eigenvalue weighted by atomic mass is 10.1. The number of hydrogen-bond acceptors (Lipinski definition) is 3. The summed E-state index contributed by atoms with van der Waals surface area (Å²) in [5.74, 6) is -0.515. The highest BCUT2D eigenvalue weighted by molar-refractivity contribution is 5.95. The fourth-order valence-electron chi connectivity index (χ4n) is 3.48. The fraction of sp³-hybridized carbons (Fsp3) is 0.364. The molecule has 2 aromatic rings. The van der Waals surface area contributed by atoms with Gasteiger partial charge < -0.3 is 20.7 Å². The number of amides is 2. The number of rotatable bonds is 8. The molecule has 0 atom stereocenters. The van der Waals surface area contributed by atoms with Gasteiger partial charge in [0.25, 0.3) is 11.8 Å². The Hall–Kier alpha value is -2.86. The molecule has 0 aromatic heterocycles. The SMILES string of the molecule is NC(=O)c1ccccc1OCC(=O)NCc1ccc(C[NH+]2CCCCC2)cc1. The van der Waals surface area contributed by atoms with Crippen molar-refractivity contribution < 1.29 is 19.2 Å². The van der Waals surface area contributed by atoms with E-state index in [-0.39, 0.29) is 18.1 Å². The van der Waals surface area contributed by atoms with Crippen molar-refractivity contribution in [1.29, 1.82) is 0 Å². The van der Waals surface area contributed by atoms with Crippen LogP contribution in [0.5, 0.6) is 5.75 Å². The summed E-state index contributed by atoms with van der Waals surface area (Å²) in [6, 6.07) is 15.0. The van der Waals surface area contributed by atoms with Crippen LogP contribution in [0.3, 0.4) is 0 Å². The van der Waals surface area contributed by atoms with Crippen LogP contribution in [0, 0.1) is 0 Å². The smallest absolute Gasteiger partial charge is 0.258 e. The van der Waals surface area contributed by atoms with Crippen LogP contribution < -0.4 is 20.7 Å². The van der Waals surface area contributed by atoms with E-state index in [0.29, 0.717) is 12.3 Å². The van der Waals surface area contributed by atoms with Gasteiger partial charge in [0.1, 0.15) is 12.3 Å². The Balaban J connectivity index is 1.43. The van der Waals surface area contributed by atoms with E-state index in [1.807, 2.05) is 0 Å². The van der Waals surface area contributed by atoms with Gasteiger partial charge in [-0.25, -0.2) is 0 Å². The number of piperidine rings is 1. The number of carbonyl (C=O) groups is 2. The molecule has 0 saturated carbocycles. The molecule has 2 amide bonds. The van der Waals surface area contributed by atoms with Gasteiger partial charge in [-0.05, 0) is 37.0 Å². The maximum absolute atomic E-state index is 12.0. The van der Waals surface area contributed by atoms with E-state index in [2.05, 4.69) is 29.6 Å². The molecule has 28 heavy (non-hydrogen) atoms. The van der Waals surface area contributed by atoms with Crippen molar-refractivity contribution in [3.63, 3.8) is 0 Å². The summed E-state index contributed by atoms with van der Waals surface area (Å²) >= 11 is 0. The average Bonchev–Trinajstić information content (AvgIpc) is 2.72. The molecule has 148 valence electrons. The molecule has 6 nitrogen and oxygen atoms in total. The van der Waals surface area contributed by atoms with Gasteiger partial charge in [0.05, 0.1) is 18.7 Å². The van der Waals surface area contributed by atoms with Gasteiger partial charge >= 0.3 is 0 Å². The van der Waals surface area contributed by atoms with E-state index < -0.39 is 5.91 Å². The number of benzene rings is 2. The maximum Gasteiger partial charge on any atom is 0.258 e. The lowest BCUT2D eigenvalue weighted by Gasteiger charge is -2.23. The summed E-state index contributed by atoms with van der Waals surface area (Å²) in [6.45, 7) is 3.87. The Morgan fingerprint density at radius 1 is 0.964 bits per heavy atom. The number of ether oxygens (including phenoxy) is 1. The first-order valence-electron chi connectivity index (χ1n) is 9.81. The van der Waals surface area contributed by atoms with E-state index in [1.165, 1.54) is 37.9 Å². The number of likely N-dealkylation sites (tertiary alicyclic amines) is 1. The first-order chi connectivity index (χ1) is 13.6. The van der Waals surface area contributed by atoms with Crippen LogP contribution >= 0.6 is 0 Å². The van der Waals surface area contributed by atoms with Crippen LogP contribution in [0.2, 0.25) is 0 Å². The fourth-order valence-corrected chi connectivity index (χ4v) is 3.48. The lowest BCUT2D eigenvalue weighted by molar-refractivity contribution is -0.918. The zero-order valence-electron chi connectivity index (χ0n) is 16.1. The largest absolute Gasteiger partial charge is 0.483 e. The minimum Gasteiger partial charge on any atom is -0.483 e. The number of carbonyl (C=O) groups excluding carboxylic acids is 2. The van der Waals surface area contributed by atoms with Crippen molar-refractivity contribution in [2.75, 3.05) is 19.7 Å². The van der Waals surface area contributed by atoms with E-state index in [1.54, 1.807) is 29.2 Å². The third-order valence-corrected chi connectivity index (χ3v) is 5.04. The van der Waals surface area contributed by atoms with Crippen LogP contribution in [-0.2, 0) is 17.9 Å². The predicted octanol–water partition coefficient (Wildman–Crippen LogP) is 1.05. The van der Waals surface area contributed by atoms with Gasteiger partial charge in [0.15, 0.2) is 6.61 Å². The topological polar surface area (TPSA) is 85.9 Å². The Labute approximate surface area is 165 Å². The van der Waals surface area contributed by atoms with Gasteiger partial charge in [-0.3, -0.25) is 9.59 Å². The first kappa shape index (κ1) is 19.9. The predicted molar refractivity (Wildman–Crippen MR) is 107 cm³/mol. The van der Waals surface area contributed by atoms with Gasteiger partial charge in [0, 0.05) is 12.1 Å². The Morgan fingerprint density at radius 3 is 2.36 bits per heavy atom. The van der Waals surface area contributed by atoms with Gasteiger partial charge in [-0.1, -0.05) is 36.4 Å². The second-order valence-corrected chi connectivity index (χ2v) is 7.23. The van der Waals surface area contributed by atoms with Crippen LogP contribution in [-0.4, -0.2) is 31.5 Å². The second kappa shape index (κ2) is 9.90. The van der Waals surface area contributed by atoms with Crippen LogP contribution in [0.4, 0.5) is 0 Å². The number of quaternary nitrogens is 1. The molecule has 1 heterocycles. The summed E-state index contributed by atoms with van der Waals surface area (Å²) in [5, 5.41) is 2.83. The molecule has 1 fully saturated rings. The number of primary amides is 1. The summed E-state index contributed by atoms with van der Waals surface area (Å²) in [5.41, 5.74) is 7.95. The first-order valence-corrected chi connectivity index (χ1v) is 9.81. The molecule has 0 bridgehead atoms. The zero-order valence-corrected chi connectivity index (χ0v) is 16.1. The Morgan fingerprint density at radius 2 is 1.64 bits per heavy atom. The number of nitrogens with one attached hydrogen (secondary N) is 2. The highest BCUT2D eigenvalue weighted by atomic mass is 16.5. The van der Waals surface area contributed by atoms with Crippen LogP contribution in [0.15, 0.2) is 48.5 Å². The molecule has 0 radical (unpaired) electrons. The molecule has 4 N–H and O–H groups in total. The molecule has 0 spiro atoms. The summed E-state index contributed by atoms with van der Waals surface area (Å²) < 4.78 is 5.44. The number of nitrogens with two attached hydrogens (primary N) is 1. The molecular weight excluding hydrogens is 354 g/mol. The standard InChI is InChI=1S/C22H27N3O3/c23-22(27)19-6-2-3-7-20(19)28-16-21(26)24-14-17-8-10-18(11-9-17)15-25-12-4-1-5-13-25/h2-3,6-11H,1,4-5,12-16H2,(H2,23,27)(H,24,26)/p+1. The maximum atomic E-state index is 12.0. The Kier molecular flexibility index (Phi) is 7.03. The zero-order chi connectivity index (χ0) is 19.8. The second-order valence-electron chi connectivity index (χ2n) is 7.23. The molecule has 6 heteroatoms. The molecule has 2 aromatic carbocycles. The van der Waals surface area contributed by atoms with Crippen molar-refractivity contribution in [3.8, 4) is 5.75 Å².